The van der Waals surface area contributed by atoms with Gasteiger partial charge in [0.15, 0.2) is 5.82 Å². The van der Waals surface area contributed by atoms with Crippen LogP contribution in [0.25, 0.3) is 11.4 Å². The van der Waals surface area contributed by atoms with Crippen LogP contribution in [0.1, 0.15) is 36.1 Å². The fourth-order valence-corrected chi connectivity index (χ4v) is 2.96. The second-order valence-corrected chi connectivity index (χ2v) is 5.87. The van der Waals surface area contributed by atoms with Gasteiger partial charge in [0, 0.05) is 25.0 Å². The van der Waals surface area contributed by atoms with Gasteiger partial charge in [-0.1, -0.05) is 0 Å². The van der Waals surface area contributed by atoms with Crippen molar-refractivity contribution in [3.05, 3.63) is 29.3 Å². The maximum atomic E-state index is 12.2. The Morgan fingerprint density at radius 3 is 2.87 bits per heavy atom. The van der Waals surface area contributed by atoms with Crippen LogP contribution >= 0.6 is 0 Å². The molecule has 0 spiro atoms. The molecule has 1 atom stereocenters. The topological polar surface area (TPSA) is 84.0 Å². The molecule has 122 valence electrons. The molecule has 23 heavy (non-hydrogen) atoms. The largest absolute Gasteiger partial charge is 0.375 e. The van der Waals surface area contributed by atoms with Crippen molar-refractivity contribution in [1.29, 1.82) is 0 Å². The van der Waals surface area contributed by atoms with E-state index in [1.807, 2.05) is 30.9 Å². The number of carbonyl (C=O) groups excluding carboxylic acids is 1. The number of methoxy groups -OCH3 is 1. The lowest BCUT2D eigenvalue weighted by Gasteiger charge is -2.23. The number of amides is 1. The van der Waals surface area contributed by atoms with Crippen LogP contribution in [0.5, 0.6) is 0 Å². The quantitative estimate of drug-likeness (QED) is 0.930. The molecule has 0 radical (unpaired) electrons. The summed E-state index contributed by atoms with van der Waals surface area (Å²) in [6.45, 7) is 4.70. The molecule has 3 rings (SSSR count). The molecule has 1 saturated heterocycles. The second-order valence-electron chi connectivity index (χ2n) is 5.87. The van der Waals surface area contributed by atoms with Crippen LogP contribution in [0.15, 0.2) is 12.1 Å². The number of nitrogens with one attached hydrogen (secondary N) is 1. The summed E-state index contributed by atoms with van der Waals surface area (Å²) < 4.78 is 4.97. The first-order valence-electron chi connectivity index (χ1n) is 7.75. The summed E-state index contributed by atoms with van der Waals surface area (Å²) >= 11 is 0. The van der Waals surface area contributed by atoms with Gasteiger partial charge in [-0.15, -0.1) is 0 Å². The smallest absolute Gasteiger partial charge is 0.249 e. The standard InChI is InChI=1S/C16H21N5O2/c1-10-7-12(13-8-11(2)19-20-13)18-16(17-10)14-5-4-6-21(14)15(22)9-23-3/h7-8,14H,4-6,9H2,1-3H3,(H,19,20)/t14-/m1/s1. The minimum atomic E-state index is -0.0867. The zero-order valence-corrected chi connectivity index (χ0v) is 13.7. The Bertz CT molecular complexity index is 712. The number of ether oxygens (including phenoxy) is 1. The van der Waals surface area contributed by atoms with Crippen LogP contribution in [0.2, 0.25) is 0 Å². The van der Waals surface area contributed by atoms with Crippen molar-refractivity contribution in [3.63, 3.8) is 0 Å². The maximum Gasteiger partial charge on any atom is 0.249 e. The highest BCUT2D eigenvalue weighted by molar-refractivity contribution is 5.78. The molecule has 0 aliphatic carbocycles. The molecule has 1 fully saturated rings. The van der Waals surface area contributed by atoms with Gasteiger partial charge in [0.05, 0.1) is 11.7 Å². The van der Waals surface area contributed by atoms with Crippen LogP contribution < -0.4 is 0 Å². The maximum absolute atomic E-state index is 12.2. The van der Waals surface area contributed by atoms with Gasteiger partial charge in [-0.2, -0.15) is 5.10 Å². The Morgan fingerprint density at radius 2 is 2.17 bits per heavy atom. The van der Waals surface area contributed by atoms with E-state index in [0.29, 0.717) is 5.82 Å². The van der Waals surface area contributed by atoms with E-state index < -0.39 is 0 Å². The highest BCUT2D eigenvalue weighted by Gasteiger charge is 2.32. The van der Waals surface area contributed by atoms with Crippen molar-refractivity contribution in [1.82, 2.24) is 25.1 Å². The lowest BCUT2D eigenvalue weighted by molar-refractivity contribution is -0.136. The molecule has 0 bridgehead atoms. The van der Waals surface area contributed by atoms with E-state index in [0.717, 1.165) is 42.2 Å². The number of nitrogens with zero attached hydrogens (tertiary/aromatic N) is 4. The molecule has 0 unspecified atom stereocenters. The summed E-state index contributed by atoms with van der Waals surface area (Å²) in [5.41, 5.74) is 3.43. The van der Waals surface area contributed by atoms with Gasteiger partial charge in [-0.05, 0) is 38.8 Å². The van der Waals surface area contributed by atoms with Crippen molar-refractivity contribution in [2.75, 3.05) is 20.3 Å². The normalized spacial score (nSPS) is 17.7. The first kappa shape index (κ1) is 15.6. The SMILES string of the molecule is COCC(=O)N1CCC[C@@H]1c1nc(C)cc(-c2cc(C)[nH]n2)n1. The molecule has 7 nitrogen and oxygen atoms in total. The molecular formula is C16H21N5O2. The number of likely N-dealkylation sites (tertiary alicyclic amines) is 1. The third-order valence-corrected chi connectivity index (χ3v) is 3.98. The van der Waals surface area contributed by atoms with Gasteiger partial charge in [-0.25, -0.2) is 9.97 Å². The third-order valence-electron chi connectivity index (χ3n) is 3.98. The van der Waals surface area contributed by atoms with Crippen molar-refractivity contribution >= 4 is 5.91 Å². The Morgan fingerprint density at radius 1 is 1.35 bits per heavy atom. The van der Waals surface area contributed by atoms with Crippen LogP contribution in [0.3, 0.4) is 0 Å². The average molecular weight is 315 g/mol. The molecule has 1 amide bonds. The monoisotopic (exact) mass is 315 g/mol. The van der Waals surface area contributed by atoms with E-state index >= 15 is 0 Å². The summed E-state index contributed by atoms with van der Waals surface area (Å²) in [5.74, 6) is 0.667. The molecule has 1 aliphatic heterocycles. The van der Waals surface area contributed by atoms with Crippen molar-refractivity contribution in [2.45, 2.75) is 32.7 Å². The van der Waals surface area contributed by atoms with Gasteiger partial charge in [0.1, 0.15) is 12.3 Å². The molecular weight excluding hydrogens is 294 g/mol. The van der Waals surface area contributed by atoms with Crippen LogP contribution in [-0.2, 0) is 9.53 Å². The van der Waals surface area contributed by atoms with E-state index in [-0.39, 0.29) is 18.6 Å². The third kappa shape index (κ3) is 3.24. The average Bonchev–Trinajstić information content (AvgIpc) is 3.15. The fourth-order valence-electron chi connectivity index (χ4n) is 2.96. The van der Waals surface area contributed by atoms with Gasteiger partial charge in [0.2, 0.25) is 5.91 Å². The van der Waals surface area contributed by atoms with E-state index in [9.17, 15) is 4.79 Å². The minimum absolute atomic E-state index is 0.0164. The molecule has 2 aromatic heterocycles. The van der Waals surface area contributed by atoms with Crippen molar-refractivity contribution in [2.24, 2.45) is 0 Å². The van der Waals surface area contributed by atoms with Gasteiger partial charge >= 0.3 is 0 Å². The van der Waals surface area contributed by atoms with E-state index in [2.05, 4.69) is 20.2 Å². The van der Waals surface area contributed by atoms with Gasteiger partial charge in [-0.3, -0.25) is 9.89 Å². The number of aromatic nitrogens is 4. The van der Waals surface area contributed by atoms with Crippen molar-refractivity contribution in [3.8, 4) is 11.4 Å². The highest BCUT2D eigenvalue weighted by Crippen LogP contribution is 2.31. The molecule has 0 saturated carbocycles. The van der Waals surface area contributed by atoms with E-state index in [1.165, 1.54) is 7.11 Å². The number of H-pyrrole nitrogens is 1. The summed E-state index contributed by atoms with van der Waals surface area (Å²) in [6, 6.07) is 3.78. The molecule has 3 heterocycles. The Hall–Kier alpha value is -2.28. The Kier molecular flexibility index (Phi) is 4.38. The Labute approximate surface area is 135 Å². The summed E-state index contributed by atoms with van der Waals surface area (Å²) in [6.07, 6.45) is 1.83. The van der Waals surface area contributed by atoms with Gasteiger partial charge in [0.25, 0.3) is 0 Å². The molecule has 2 aromatic rings. The van der Waals surface area contributed by atoms with Crippen LogP contribution in [0.4, 0.5) is 0 Å². The van der Waals surface area contributed by atoms with Crippen LogP contribution in [0, 0.1) is 13.8 Å². The number of aromatic amines is 1. The van der Waals surface area contributed by atoms with Crippen LogP contribution in [-0.4, -0.2) is 51.2 Å². The first-order chi connectivity index (χ1) is 11.1. The number of aryl methyl sites for hydroxylation is 2. The molecule has 0 aromatic carbocycles. The molecule has 1 N–H and O–H groups in total. The molecule has 1 aliphatic rings. The fraction of sp³-hybridized carbons (Fsp3) is 0.500. The number of hydrogen-bond donors (Lipinski definition) is 1. The lowest BCUT2D eigenvalue weighted by atomic mass is 10.1. The summed E-state index contributed by atoms with van der Waals surface area (Å²) in [4.78, 5) is 23.2. The first-order valence-corrected chi connectivity index (χ1v) is 7.75. The Balaban J connectivity index is 1.93. The number of carbonyl (C=O) groups is 1. The van der Waals surface area contributed by atoms with E-state index in [1.54, 1.807) is 0 Å². The zero-order valence-electron chi connectivity index (χ0n) is 13.7. The number of rotatable bonds is 4. The predicted molar refractivity (Wildman–Crippen MR) is 84.7 cm³/mol. The zero-order chi connectivity index (χ0) is 16.4. The number of hydrogen-bond acceptors (Lipinski definition) is 5. The predicted octanol–water partition coefficient (Wildman–Crippen LogP) is 1.79. The summed E-state index contributed by atoms with van der Waals surface area (Å²) in [7, 11) is 1.53. The van der Waals surface area contributed by atoms with Gasteiger partial charge < -0.3 is 9.64 Å². The highest BCUT2D eigenvalue weighted by atomic mass is 16.5. The van der Waals surface area contributed by atoms with Crippen molar-refractivity contribution < 1.29 is 9.53 Å². The molecule has 7 heteroatoms. The second kappa shape index (κ2) is 6.45. The minimum Gasteiger partial charge on any atom is -0.375 e. The lowest BCUT2D eigenvalue weighted by Crippen LogP contribution is -2.34. The summed E-state index contributed by atoms with van der Waals surface area (Å²) in [5, 5.41) is 7.19. The van der Waals surface area contributed by atoms with E-state index in [4.69, 9.17) is 4.74 Å².